The van der Waals surface area contributed by atoms with Gasteiger partial charge in [0, 0.05) is 24.3 Å². The van der Waals surface area contributed by atoms with Crippen LogP contribution < -0.4 is 4.90 Å². The highest BCUT2D eigenvalue weighted by atomic mass is 32.2. The first-order chi connectivity index (χ1) is 16.4. The Morgan fingerprint density at radius 3 is 2.35 bits per heavy atom. The van der Waals surface area contributed by atoms with Crippen molar-refractivity contribution in [3.8, 4) is 0 Å². The number of carbonyl (C=O) groups excluding carboxylic acids is 1. The summed E-state index contributed by atoms with van der Waals surface area (Å²) in [6, 6.07) is 19.7. The second-order valence-electron chi connectivity index (χ2n) is 7.32. The number of nitro benzene ring substituents is 2. The number of para-hydroxylation sites is 1. The molecular formula is C23H14N4O5S2. The van der Waals surface area contributed by atoms with E-state index in [4.69, 9.17) is 0 Å². The van der Waals surface area contributed by atoms with Gasteiger partial charge in [-0.05, 0) is 29.3 Å². The van der Waals surface area contributed by atoms with Crippen molar-refractivity contribution < 1.29 is 14.6 Å². The summed E-state index contributed by atoms with van der Waals surface area (Å²) in [5.74, 6) is -0.327. The van der Waals surface area contributed by atoms with Crippen LogP contribution in [0.2, 0.25) is 0 Å². The summed E-state index contributed by atoms with van der Waals surface area (Å²) in [6.45, 7) is 0. The Balaban J connectivity index is 1.61. The van der Waals surface area contributed by atoms with E-state index in [9.17, 15) is 25.0 Å². The molecule has 11 heteroatoms. The first-order valence-corrected chi connectivity index (χ1v) is 11.7. The van der Waals surface area contributed by atoms with E-state index < -0.39 is 15.2 Å². The molecule has 2 heterocycles. The van der Waals surface area contributed by atoms with Crippen molar-refractivity contribution in [3.05, 3.63) is 109 Å². The number of hydrogen-bond acceptors (Lipinski definition) is 8. The van der Waals surface area contributed by atoms with E-state index in [-0.39, 0.29) is 17.3 Å². The van der Waals surface area contributed by atoms with Crippen molar-refractivity contribution in [2.75, 3.05) is 4.90 Å². The number of anilines is 1. The summed E-state index contributed by atoms with van der Waals surface area (Å²) >= 11 is 2.58. The van der Waals surface area contributed by atoms with E-state index in [1.807, 2.05) is 24.3 Å². The number of thiazole rings is 1. The molecule has 4 aromatic rings. The highest BCUT2D eigenvalue weighted by Crippen LogP contribution is 2.50. The Hall–Kier alpha value is -4.09. The second kappa shape index (κ2) is 8.69. The van der Waals surface area contributed by atoms with Gasteiger partial charge in [0.1, 0.15) is 5.37 Å². The fourth-order valence-electron chi connectivity index (χ4n) is 3.58. The maximum atomic E-state index is 13.5. The Morgan fingerprint density at radius 1 is 0.912 bits per heavy atom. The number of amides is 1. The first-order valence-electron chi connectivity index (χ1n) is 9.97. The summed E-state index contributed by atoms with van der Waals surface area (Å²) in [5, 5.41) is 22.4. The molecule has 0 radical (unpaired) electrons. The topological polar surface area (TPSA) is 119 Å². The third-order valence-electron chi connectivity index (χ3n) is 5.14. The lowest BCUT2D eigenvalue weighted by atomic mass is 10.1. The largest absolute Gasteiger partial charge is 0.270 e. The Labute approximate surface area is 200 Å². The summed E-state index contributed by atoms with van der Waals surface area (Å²) in [6.07, 6.45) is 1.59. The van der Waals surface area contributed by atoms with Crippen molar-refractivity contribution in [3.63, 3.8) is 0 Å². The number of aromatic nitrogens is 1. The molecule has 3 aromatic carbocycles. The van der Waals surface area contributed by atoms with Crippen molar-refractivity contribution in [2.45, 2.75) is 5.37 Å². The van der Waals surface area contributed by atoms with Crippen LogP contribution in [0.4, 0.5) is 16.5 Å². The van der Waals surface area contributed by atoms with Crippen LogP contribution >= 0.6 is 23.1 Å². The zero-order chi connectivity index (χ0) is 23.8. The average Bonchev–Trinajstić information content (AvgIpc) is 3.40. The summed E-state index contributed by atoms with van der Waals surface area (Å²) < 4.78 is 0.907. The van der Waals surface area contributed by atoms with E-state index in [2.05, 4.69) is 4.98 Å². The molecule has 5 rings (SSSR count). The van der Waals surface area contributed by atoms with Crippen LogP contribution in [-0.2, 0) is 4.79 Å². The average molecular weight is 491 g/mol. The number of benzene rings is 3. The van der Waals surface area contributed by atoms with Gasteiger partial charge in [-0.25, -0.2) is 4.98 Å². The predicted molar refractivity (Wildman–Crippen MR) is 132 cm³/mol. The molecular weight excluding hydrogens is 476 g/mol. The van der Waals surface area contributed by atoms with Gasteiger partial charge in [-0.3, -0.25) is 29.9 Å². The number of nitrogens with zero attached hydrogens (tertiary/aromatic N) is 4. The van der Waals surface area contributed by atoms with Gasteiger partial charge < -0.3 is 0 Å². The fraction of sp³-hybridized carbons (Fsp3) is 0.0435. The van der Waals surface area contributed by atoms with E-state index in [0.717, 1.165) is 10.2 Å². The third-order valence-corrected chi connectivity index (χ3v) is 7.42. The van der Waals surface area contributed by atoms with Gasteiger partial charge in [0.15, 0.2) is 5.13 Å². The van der Waals surface area contributed by atoms with Crippen LogP contribution in [0.25, 0.3) is 16.3 Å². The molecule has 1 aliphatic heterocycles. The molecule has 0 saturated carbocycles. The van der Waals surface area contributed by atoms with Gasteiger partial charge in [-0.2, -0.15) is 0 Å². The molecule has 0 N–H and O–H groups in total. The predicted octanol–water partition coefficient (Wildman–Crippen LogP) is 5.93. The Morgan fingerprint density at radius 2 is 1.62 bits per heavy atom. The molecule has 1 atom stereocenters. The zero-order valence-electron chi connectivity index (χ0n) is 17.2. The Bertz CT molecular complexity index is 1470. The van der Waals surface area contributed by atoms with Gasteiger partial charge in [0.25, 0.3) is 17.3 Å². The molecule has 1 saturated heterocycles. The smallest absolute Gasteiger partial charge is 0.268 e. The molecule has 168 valence electrons. The third kappa shape index (κ3) is 4.02. The molecule has 0 spiro atoms. The van der Waals surface area contributed by atoms with E-state index in [1.165, 1.54) is 52.3 Å². The van der Waals surface area contributed by atoms with Gasteiger partial charge in [0.2, 0.25) is 0 Å². The van der Waals surface area contributed by atoms with E-state index in [1.54, 1.807) is 30.3 Å². The maximum absolute atomic E-state index is 13.5. The van der Waals surface area contributed by atoms with Crippen LogP contribution in [-0.4, -0.2) is 20.7 Å². The van der Waals surface area contributed by atoms with Crippen molar-refractivity contribution in [1.82, 2.24) is 4.98 Å². The highest BCUT2D eigenvalue weighted by Gasteiger charge is 2.40. The summed E-state index contributed by atoms with van der Waals surface area (Å²) in [4.78, 5) is 41.5. The molecule has 0 bridgehead atoms. The molecule has 1 fully saturated rings. The standard InChI is InChI=1S/C23H14N4O5S2/c28-21-20(12-14-5-3-7-16(11-14)26(29)30)33-22(15-6-4-8-17(13-15)27(31)32)25(21)23-24-18-9-1-2-10-19(18)34-23/h1-13,22H/b20-12-. The monoisotopic (exact) mass is 490 g/mol. The fourth-order valence-corrected chi connectivity index (χ4v) is 5.87. The minimum absolute atomic E-state index is 0.0779. The van der Waals surface area contributed by atoms with Crippen molar-refractivity contribution in [2.24, 2.45) is 0 Å². The van der Waals surface area contributed by atoms with Crippen LogP contribution in [0.5, 0.6) is 0 Å². The van der Waals surface area contributed by atoms with Crippen molar-refractivity contribution in [1.29, 1.82) is 0 Å². The number of hydrogen-bond donors (Lipinski definition) is 0. The Kier molecular flexibility index (Phi) is 5.56. The molecule has 1 aliphatic rings. The molecule has 34 heavy (non-hydrogen) atoms. The van der Waals surface area contributed by atoms with Gasteiger partial charge in [-0.15, -0.1) is 0 Å². The number of non-ortho nitro benzene ring substituents is 2. The van der Waals surface area contributed by atoms with Crippen LogP contribution in [0.15, 0.2) is 77.7 Å². The van der Waals surface area contributed by atoms with Crippen molar-refractivity contribution >= 4 is 61.8 Å². The lowest BCUT2D eigenvalue weighted by molar-refractivity contribution is -0.385. The highest BCUT2D eigenvalue weighted by molar-refractivity contribution is 8.05. The minimum Gasteiger partial charge on any atom is -0.268 e. The van der Waals surface area contributed by atoms with E-state index >= 15 is 0 Å². The number of fused-ring (bicyclic) bond motifs is 1. The van der Waals surface area contributed by atoms with Crippen LogP contribution in [0, 0.1) is 20.2 Å². The summed E-state index contributed by atoms with van der Waals surface area (Å²) in [5.41, 5.74) is 1.67. The summed E-state index contributed by atoms with van der Waals surface area (Å²) in [7, 11) is 0. The SMILES string of the molecule is O=C1/C(=C/c2cccc([N+](=O)[O-])c2)SC(c2cccc([N+](=O)[O-])c2)N1c1nc2ccccc2s1. The molecule has 0 aliphatic carbocycles. The second-order valence-corrected chi connectivity index (χ2v) is 9.45. The molecule has 1 aromatic heterocycles. The lowest BCUT2D eigenvalue weighted by Gasteiger charge is -2.20. The molecule has 1 unspecified atom stereocenters. The number of carbonyl (C=O) groups is 1. The maximum Gasteiger partial charge on any atom is 0.270 e. The molecule has 1 amide bonds. The van der Waals surface area contributed by atoms with Gasteiger partial charge in [0.05, 0.1) is 25.0 Å². The lowest BCUT2D eigenvalue weighted by Crippen LogP contribution is -2.27. The van der Waals surface area contributed by atoms with Crippen LogP contribution in [0.3, 0.4) is 0 Å². The zero-order valence-corrected chi connectivity index (χ0v) is 18.9. The minimum atomic E-state index is -0.585. The molecule has 9 nitrogen and oxygen atoms in total. The number of thioether (sulfide) groups is 1. The van der Waals surface area contributed by atoms with E-state index in [0.29, 0.717) is 21.2 Å². The first kappa shape index (κ1) is 21.7. The van der Waals surface area contributed by atoms with Crippen LogP contribution in [0.1, 0.15) is 16.5 Å². The van der Waals surface area contributed by atoms with Gasteiger partial charge in [-0.1, -0.05) is 59.5 Å². The quantitative estimate of drug-likeness (QED) is 0.193. The normalized spacial score (nSPS) is 16.9. The van der Waals surface area contributed by atoms with Gasteiger partial charge >= 0.3 is 0 Å². The number of rotatable bonds is 5. The number of nitro groups is 2.